The molecule has 1 rings (SSSR count). The maximum Gasteiger partial charge on any atom is 0.382 e. The lowest BCUT2D eigenvalue weighted by molar-refractivity contribution is -0.130. The van der Waals surface area contributed by atoms with Crippen molar-refractivity contribution in [1.82, 2.24) is 0 Å². The number of carboxylic acids is 1. The first-order valence-corrected chi connectivity index (χ1v) is 11.4. The quantitative estimate of drug-likeness (QED) is 0.227. The highest BCUT2D eigenvalue weighted by Gasteiger charge is 2.01. The van der Waals surface area contributed by atoms with E-state index in [2.05, 4.69) is 18.2 Å². The number of carbonyl (C=O) groups is 1. The number of rotatable bonds is 16. The third-order valence-electron chi connectivity index (χ3n) is 5.13. The van der Waals surface area contributed by atoms with E-state index in [0.29, 0.717) is 5.69 Å². The van der Waals surface area contributed by atoms with E-state index in [1.54, 1.807) is 6.07 Å². The van der Waals surface area contributed by atoms with Gasteiger partial charge in [-0.1, -0.05) is 96.3 Å². The standard InChI is InChI=1S/C25H38FNO2/c1-2-3-4-5-6-7-8-9-10-11-12-13-14-15-20-27-23-18-16-22(24(26)21-23)17-19-25(28)29/h16,18,21,27H,2-15,20H2,1H3,(H,28,29). The Morgan fingerprint density at radius 1 is 0.897 bits per heavy atom. The molecular weight excluding hydrogens is 365 g/mol. The van der Waals surface area contributed by atoms with E-state index in [1.165, 1.54) is 95.6 Å². The molecule has 0 amide bonds. The zero-order valence-corrected chi connectivity index (χ0v) is 18.1. The molecule has 29 heavy (non-hydrogen) atoms. The second kappa shape index (κ2) is 16.9. The number of unbranched alkanes of at least 4 members (excludes halogenated alkanes) is 13. The lowest BCUT2D eigenvalue weighted by Crippen LogP contribution is -2.02. The number of anilines is 1. The molecule has 0 spiro atoms. The smallest absolute Gasteiger partial charge is 0.382 e. The summed E-state index contributed by atoms with van der Waals surface area (Å²) >= 11 is 0. The van der Waals surface area contributed by atoms with Crippen molar-refractivity contribution in [2.75, 3.05) is 11.9 Å². The number of benzene rings is 1. The second-order valence-corrected chi connectivity index (χ2v) is 7.77. The molecule has 162 valence electrons. The van der Waals surface area contributed by atoms with E-state index >= 15 is 0 Å². The van der Waals surface area contributed by atoms with Crippen LogP contribution in [-0.4, -0.2) is 17.6 Å². The minimum atomic E-state index is -1.26. The summed E-state index contributed by atoms with van der Waals surface area (Å²) in [6.07, 6.45) is 18.7. The Morgan fingerprint density at radius 2 is 1.41 bits per heavy atom. The third-order valence-corrected chi connectivity index (χ3v) is 5.13. The minimum absolute atomic E-state index is 0.106. The van der Waals surface area contributed by atoms with Gasteiger partial charge < -0.3 is 10.4 Å². The average Bonchev–Trinajstić information content (AvgIpc) is 2.70. The van der Waals surface area contributed by atoms with Gasteiger partial charge in [0.05, 0.1) is 5.56 Å². The summed E-state index contributed by atoms with van der Waals surface area (Å²) in [5, 5.41) is 11.7. The number of hydrogen-bond donors (Lipinski definition) is 2. The molecule has 1 aromatic carbocycles. The van der Waals surface area contributed by atoms with Crippen LogP contribution in [0.1, 0.15) is 102 Å². The Balaban J connectivity index is 1.96. The Morgan fingerprint density at radius 3 is 1.90 bits per heavy atom. The lowest BCUT2D eigenvalue weighted by Gasteiger charge is -2.07. The van der Waals surface area contributed by atoms with Crippen LogP contribution >= 0.6 is 0 Å². The molecule has 0 aliphatic heterocycles. The van der Waals surface area contributed by atoms with E-state index in [9.17, 15) is 9.18 Å². The van der Waals surface area contributed by atoms with Gasteiger partial charge in [0.25, 0.3) is 0 Å². The minimum Gasteiger partial charge on any atom is -0.472 e. The third kappa shape index (κ3) is 13.7. The van der Waals surface area contributed by atoms with Crippen LogP contribution in [0, 0.1) is 17.7 Å². The number of carboxylic acid groups (broad SMARTS) is 1. The van der Waals surface area contributed by atoms with Crippen molar-refractivity contribution in [3.05, 3.63) is 29.6 Å². The van der Waals surface area contributed by atoms with Crippen molar-refractivity contribution in [3.63, 3.8) is 0 Å². The van der Waals surface area contributed by atoms with E-state index in [0.717, 1.165) is 13.0 Å². The van der Waals surface area contributed by atoms with Crippen LogP contribution in [0.2, 0.25) is 0 Å². The lowest BCUT2D eigenvalue weighted by atomic mass is 10.0. The summed E-state index contributed by atoms with van der Waals surface area (Å²) in [5.41, 5.74) is 0.813. The van der Waals surface area contributed by atoms with E-state index < -0.39 is 11.8 Å². The van der Waals surface area contributed by atoms with Gasteiger partial charge in [-0.3, -0.25) is 0 Å². The number of aliphatic carboxylic acids is 1. The fourth-order valence-corrected chi connectivity index (χ4v) is 3.40. The van der Waals surface area contributed by atoms with E-state index in [4.69, 9.17) is 5.11 Å². The van der Waals surface area contributed by atoms with Gasteiger partial charge in [-0.05, 0) is 24.6 Å². The van der Waals surface area contributed by atoms with Crippen LogP contribution in [0.15, 0.2) is 18.2 Å². The highest BCUT2D eigenvalue weighted by Crippen LogP contribution is 2.15. The van der Waals surface area contributed by atoms with Crippen LogP contribution < -0.4 is 5.32 Å². The predicted molar refractivity (Wildman–Crippen MR) is 120 cm³/mol. The monoisotopic (exact) mass is 403 g/mol. The Bertz CT molecular complexity index is 633. The summed E-state index contributed by atoms with van der Waals surface area (Å²) in [5.74, 6) is 2.48. The molecule has 0 unspecified atom stereocenters. The van der Waals surface area contributed by atoms with Crippen LogP contribution in [-0.2, 0) is 4.79 Å². The highest BCUT2D eigenvalue weighted by atomic mass is 19.1. The molecule has 0 fully saturated rings. The number of hydrogen-bond acceptors (Lipinski definition) is 2. The van der Waals surface area contributed by atoms with Crippen LogP contribution in [0.25, 0.3) is 0 Å². The molecule has 0 atom stereocenters. The SMILES string of the molecule is CCCCCCCCCCCCCCCCNc1ccc(C#CC(=O)O)c(F)c1. The molecule has 0 bridgehead atoms. The maximum absolute atomic E-state index is 13.9. The summed E-state index contributed by atoms with van der Waals surface area (Å²) in [6.45, 7) is 3.08. The highest BCUT2D eigenvalue weighted by molar-refractivity contribution is 5.87. The molecule has 0 heterocycles. The largest absolute Gasteiger partial charge is 0.472 e. The Hall–Kier alpha value is -2.02. The molecule has 0 aliphatic rings. The molecule has 0 saturated carbocycles. The van der Waals surface area contributed by atoms with Crippen molar-refractivity contribution < 1.29 is 14.3 Å². The Kier molecular flexibility index (Phi) is 14.6. The first-order valence-electron chi connectivity index (χ1n) is 11.4. The van der Waals surface area contributed by atoms with Crippen LogP contribution in [0.3, 0.4) is 0 Å². The first-order chi connectivity index (χ1) is 14.1. The zero-order chi connectivity index (χ0) is 21.2. The van der Waals surface area contributed by atoms with Gasteiger partial charge in [0, 0.05) is 18.2 Å². The maximum atomic E-state index is 13.9. The van der Waals surface area contributed by atoms with Gasteiger partial charge in [0.15, 0.2) is 0 Å². The normalized spacial score (nSPS) is 10.4. The van der Waals surface area contributed by atoms with E-state index in [1.807, 2.05) is 5.92 Å². The number of nitrogens with one attached hydrogen (secondary N) is 1. The van der Waals surface area contributed by atoms with E-state index in [-0.39, 0.29) is 5.56 Å². The van der Waals surface area contributed by atoms with Crippen molar-refractivity contribution >= 4 is 11.7 Å². The predicted octanol–water partition coefficient (Wildman–Crippen LogP) is 7.16. The van der Waals surface area contributed by atoms with Crippen LogP contribution in [0.4, 0.5) is 10.1 Å². The molecule has 0 saturated heterocycles. The van der Waals surface area contributed by atoms with Gasteiger partial charge in [-0.2, -0.15) is 0 Å². The van der Waals surface area contributed by atoms with Gasteiger partial charge in [0.2, 0.25) is 0 Å². The zero-order valence-electron chi connectivity index (χ0n) is 18.1. The second-order valence-electron chi connectivity index (χ2n) is 7.77. The fraction of sp³-hybridized carbons (Fsp3) is 0.640. The Labute approximate surface area is 176 Å². The van der Waals surface area contributed by atoms with Crippen molar-refractivity contribution in [1.29, 1.82) is 0 Å². The molecule has 0 aliphatic carbocycles. The van der Waals surface area contributed by atoms with Crippen molar-refractivity contribution in [2.45, 2.75) is 96.8 Å². The summed E-state index contributed by atoms with van der Waals surface area (Å²) < 4.78 is 13.9. The summed E-state index contributed by atoms with van der Waals surface area (Å²) in [6, 6.07) is 4.62. The van der Waals surface area contributed by atoms with Gasteiger partial charge in [-0.15, -0.1) is 0 Å². The summed E-state index contributed by atoms with van der Waals surface area (Å²) in [7, 11) is 0. The molecule has 1 aromatic rings. The van der Waals surface area contributed by atoms with Gasteiger partial charge in [-0.25, -0.2) is 9.18 Å². The van der Waals surface area contributed by atoms with Crippen LogP contribution in [0.5, 0.6) is 0 Å². The van der Waals surface area contributed by atoms with Gasteiger partial charge >= 0.3 is 5.97 Å². The topological polar surface area (TPSA) is 49.3 Å². The molecule has 0 radical (unpaired) electrons. The number of halogens is 1. The fourth-order valence-electron chi connectivity index (χ4n) is 3.40. The molecule has 2 N–H and O–H groups in total. The van der Waals surface area contributed by atoms with Gasteiger partial charge in [0.1, 0.15) is 5.82 Å². The molecule has 3 nitrogen and oxygen atoms in total. The molecule has 4 heteroatoms. The average molecular weight is 404 g/mol. The molecule has 0 aromatic heterocycles. The summed E-state index contributed by atoms with van der Waals surface area (Å²) in [4.78, 5) is 10.4. The van der Waals surface area contributed by atoms with Crippen molar-refractivity contribution in [3.8, 4) is 11.8 Å². The first kappa shape index (κ1) is 25.0. The van der Waals surface area contributed by atoms with Crippen molar-refractivity contribution in [2.24, 2.45) is 0 Å². The molecular formula is C25H38FNO2.